The first-order chi connectivity index (χ1) is 8.63. The van der Waals surface area contributed by atoms with Crippen molar-refractivity contribution in [2.45, 2.75) is 12.5 Å². The van der Waals surface area contributed by atoms with Crippen molar-refractivity contribution in [3.8, 4) is 0 Å². The molecule has 0 spiro atoms. The summed E-state index contributed by atoms with van der Waals surface area (Å²) in [6, 6.07) is 3.74. The summed E-state index contributed by atoms with van der Waals surface area (Å²) >= 11 is 7.93. The maximum absolute atomic E-state index is 12.4. The van der Waals surface area contributed by atoms with Crippen LogP contribution in [0.2, 0.25) is 5.02 Å². The van der Waals surface area contributed by atoms with Gasteiger partial charge in [0.25, 0.3) is 5.91 Å². The van der Waals surface area contributed by atoms with E-state index in [1.807, 2.05) is 18.8 Å². The molecule has 0 saturated carbocycles. The maximum Gasteiger partial charge on any atom is 0.274 e. The molecule has 4 nitrogen and oxygen atoms in total. The number of hydrogen-bond donors (Lipinski definition) is 1. The molecular formula is C12H16ClN3OS. The van der Waals surface area contributed by atoms with Crippen LogP contribution in [0.5, 0.6) is 0 Å². The van der Waals surface area contributed by atoms with E-state index in [1.165, 1.54) is 0 Å². The van der Waals surface area contributed by atoms with Crippen molar-refractivity contribution in [2.24, 2.45) is 0 Å². The van der Waals surface area contributed by atoms with Gasteiger partial charge in [0.1, 0.15) is 11.5 Å². The normalized spacial score (nSPS) is 18.7. The molecule has 98 valence electrons. The number of aromatic nitrogens is 1. The number of anilines is 1. The van der Waals surface area contributed by atoms with Gasteiger partial charge in [0.05, 0.1) is 5.02 Å². The molecule has 18 heavy (non-hydrogen) atoms. The summed E-state index contributed by atoms with van der Waals surface area (Å²) in [5.74, 6) is 2.65. The lowest BCUT2D eigenvalue weighted by Crippen LogP contribution is -2.37. The highest BCUT2D eigenvalue weighted by molar-refractivity contribution is 7.99. The Morgan fingerprint density at radius 2 is 2.39 bits per heavy atom. The second-order valence-electron chi connectivity index (χ2n) is 4.21. The van der Waals surface area contributed by atoms with Gasteiger partial charge in [0, 0.05) is 25.9 Å². The number of halogens is 1. The SMILES string of the molecule is CNc1ccc(Cl)c(C(=O)N(C)C2CCSC2)n1. The number of thioether (sulfide) groups is 1. The summed E-state index contributed by atoms with van der Waals surface area (Å²) in [4.78, 5) is 18.4. The molecule has 0 aromatic carbocycles. The standard InChI is InChI=1S/C12H16ClN3OS/c1-14-10-4-3-9(13)11(15-10)12(17)16(2)8-5-6-18-7-8/h3-4,8H,5-7H2,1-2H3,(H,14,15). The van der Waals surface area contributed by atoms with Gasteiger partial charge in [-0.15, -0.1) is 0 Å². The minimum atomic E-state index is -0.107. The fourth-order valence-electron chi connectivity index (χ4n) is 1.89. The molecule has 1 aromatic rings. The number of pyridine rings is 1. The Kier molecular flexibility index (Phi) is 4.35. The smallest absolute Gasteiger partial charge is 0.274 e. The number of carbonyl (C=O) groups is 1. The van der Waals surface area contributed by atoms with Gasteiger partial charge in [-0.3, -0.25) is 4.79 Å². The van der Waals surface area contributed by atoms with Crippen molar-refractivity contribution in [1.82, 2.24) is 9.88 Å². The topological polar surface area (TPSA) is 45.2 Å². The third kappa shape index (κ3) is 2.72. The van der Waals surface area contributed by atoms with Gasteiger partial charge < -0.3 is 10.2 Å². The van der Waals surface area contributed by atoms with Crippen molar-refractivity contribution in [3.63, 3.8) is 0 Å². The summed E-state index contributed by atoms with van der Waals surface area (Å²) in [7, 11) is 3.59. The van der Waals surface area contributed by atoms with Crippen molar-refractivity contribution in [3.05, 3.63) is 22.8 Å². The molecule has 1 aliphatic heterocycles. The van der Waals surface area contributed by atoms with Gasteiger partial charge >= 0.3 is 0 Å². The summed E-state index contributed by atoms with van der Waals surface area (Å²) in [6.07, 6.45) is 1.04. The average Bonchev–Trinajstić information content (AvgIpc) is 2.91. The quantitative estimate of drug-likeness (QED) is 0.926. The van der Waals surface area contributed by atoms with Crippen LogP contribution in [0.3, 0.4) is 0 Å². The Hall–Kier alpha value is -0.940. The fourth-order valence-corrected chi connectivity index (χ4v) is 3.35. The zero-order chi connectivity index (χ0) is 13.1. The predicted molar refractivity (Wildman–Crippen MR) is 76.6 cm³/mol. The van der Waals surface area contributed by atoms with E-state index in [4.69, 9.17) is 11.6 Å². The Bertz CT molecular complexity index is 449. The largest absolute Gasteiger partial charge is 0.373 e. The van der Waals surface area contributed by atoms with Crippen LogP contribution in [-0.2, 0) is 0 Å². The number of rotatable bonds is 3. The van der Waals surface area contributed by atoms with Gasteiger partial charge in [0.15, 0.2) is 0 Å². The maximum atomic E-state index is 12.4. The molecule has 1 aromatic heterocycles. The van der Waals surface area contributed by atoms with Crippen LogP contribution in [0.1, 0.15) is 16.9 Å². The van der Waals surface area contributed by atoms with Crippen LogP contribution in [0, 0.1) is 0 Å². The van der Waals surface area contributed by atoms with E-state index in [9.17, 15) is 4.79 Å². The second-order valence-corrected chi connectivity index (χ2v) is 5.77. The molecule has 0 bridgehead atoms. The Morgan fingerprint density at radius 3 is 3.00 bits per heavy atom. The molecule has 1 unspecified atom stereocenters. The second kappa shape index (κ2) is 5.80. The van der Waals surface area contributed by atoms with Crippen LogP contribution < -0.4 is 5.32 Å². The van der Waals surface area contributed by atoms with E-state index >= 15 is 0 Å². The molecule has 0 radical (unpaired) electrons. The molecule has 1 amide bonds. The van der Waals surface area contributed by atoms with Gasteiger partial charge in [-0.2, -0.15) is 11.8 Å². The number of nitrogens with zero attached hydrogens (tertiary/aromatic N) is 2. The molecule has 6 heteroatoms. The van der Waals surface area contributed by atoms with Crippen molar-refractivity contribution in [1.29, 1.82) is 0 Å². The van der Waals surface area contributed by atoms with Crippen LogP contribution in [-0.4, -0.2) is 47.4 Å². The molecule has 2 heterocycles. The Labute approximate surface area is 116 Å². The average molecular weight is 286 g/mol. The van der Waals surface area contributed by atoms with E-state index in [0.717, 1.165) is 17.9 Å². The summed E-state index contributed by atoms with van der Waals surface area (Å²) in [5, 5.41) is 3.31. The van der Waals surface area contributed by atoms with Crippen molar-refractivity contribution < 1.29 is 4.79 Å². The number of nitrogens with one attached hydrogen (secondary N) is 1. The van der Waals surface area contributed by atoms with Crippen LogP contribution >= 0.6 is 23.4 Å². The first-order valence-corrected chi connectivity index (χ1v) is 7.36. The lowest BCUT2D eigenvalue weighted by atomic mass is 10.2. The predicted octanol–water partition coefficient (Wildman–Crippen LogP) is 2.35. The van der Waals surface area contributed by atoms with Crippen molar-refractivity contribution in [2.75, 3.05) is 30.9 Å². The molecule has 1 saturated heterocycles. The number of carbonyl (C=O) groups excluding carboxylic acids is 1. The zero-order valence-corrected chi connectivity index (χ0v) is 12.0. The van der Waals surface area contributed by atoms with Gasteiger partial charge in [-0.25, -0.2) is 4.98 Å². The molecule has 1 atom stereocenters. The van der Waals surface area contributed by atoms with E-state index in [1.54, 1.807) is 24.1 Å². The summed E-state index contributed by atoms with van der Waals surface area (Å²) < 4.78 is 0. The highest BCUT2D eigenvalue weighted by atomic mass is 35.5. The molecule has 1 N–H and O–H groups in total. The van der Waals surface area contributed by atoms with Crippen LogP contribution in [0.15, 0.2) is 12.1 Å². The minimum absolute atomic E-state index is 0.107. The number of amides is 1. The Morgan fingerprint density at radius 1 is 1.61 bits per heavy atom. The van der Waals surface area contributed by atoms with Gasteiger partial charge in [-0.1, -0.05) is 11.6 Å². The molecule has 1 fully saturated rings. The molecular weight excluding hydrogens is 270 g/mol. The zero-order valence-electron chi connectivity index (χ0n) is 10.4. The minimum Gasteiger partial charge on any atom is -0.373 e. The first-order valence-electron chi connectivity index (χ1n) is 5.82. The Balaban J connectivity index is 2.21. The van der Waals surface area contributed by atoms with Crippen molar-refractivity contribution >= 4 is 35.1 Å². The molecule has 2 rings (SSSR count). The van der Waals surface area contributed by atoms with Gasteiger partial charge in [0.2, 0.25) is 0 Å². The van der Waals surface area contributed by atoms with Crippen LogP contribution in [0.25, 0.3) is 0 Å². The molecule has 0 aliphatic carbocycles. The van der Waals surface area contributed by atoms with Gasteiger partial charge in [-0.05, 0) is 24.3 Å². The highest BCUT2D eigenvalue weighted by Gasteiger charge is 2.26. The van der Waals surface area contributed by atoms with E-state index in [-0.39, 0.29) is 5.91 Å². The van der Waals surface area contributed by atoms with E-state index in [2.05, 4.69) is 10.3 Å². The first kappa shape index (κ1) is 13.5. The third-order valence-electron chi connectivity index (χ3n) is 3.08. The highest BCUT2D eigenvalue weighted by Crippen LogP contribution is 2.24. The summed E-state index contributed by atoms with van der Waals surface area (Å²) in [5.41, 5.74) is 0.322. The third-order valence-corrected chi connectivity index (χ3v) is 4.53. The molecule has 1 aliphatic rings. The lowest BCUT2D eigenvalue weighted by molar-refractivity contribution is 0.0742. The van der Waals surface area contributed by atoms with Crippen LogP contribution in [0.4, 0.5) is 5.82 Å². The number of hydrogen-bond acceptors (Lipinski definition) is 4. The fraction of sp³-hybridized carbons (Fsp3) is 0.500. The van der Waals surface area contributed by atoms with E-state index < -0.39 is 0 Å². The monoisotopic (exact) mass is 285 g/mol. The summed E-state index contributed by atoms with van der Waals surface area (Å²) in [6.45, 7) is 0. The lowest BCUT2D eigenvalue weighted by Gasteiger charge is -2.23. The van der Waals surface area contributed by atoms with E-state index in [0.29, 0.717) is 22.6 Å².